The van der Waals surface area contributed by atoms with Gasteiger partial charge in [-0.05, 0) is 12.1 Å². The zero-order valence-electron chi connectivity index (χ0n) is 10.0. The summed E-state index contributed by atoms with van der Waals surface area (Å²) in [5, 5.41) is 0.475. The van der Waals surface area contributed by atoms with E-state index >= 15 is 0 Å². The molecule has 19 heavy (non-hydrogen) atoms. The van der Waals surface area contributed by atoms with Gasteiger partial charge in [-0.25, -0.2) is 8.42 Å². The predicted octanol–water partition coefficient (Wildman–Crippen LogP) is 3.33. The van der Waals surface area contributed by atoms with E-state index in [0.717, 1.165) is 0 Å². The highest BCUT2D eigenvalue weighted by Gasteiger charge is 2.21. The number of nitrogens with zero attached hydrogens (tertiary/aromatic N) is 1. The van der Waals surface area contributed by atoms with Gasteiger partial charge in [0.25, 0.3) is 9.05 Å². The Kier molecular flexibility index (Phi) is 4.08. The average molecular weight is 320 g/mol. The molecule has 0 aliphatic carbocycles. The Balaban J connectivity index is 2.81. The first kappa shape index (κ1) is 14.2. The lowest BCUT2D eigenvalue weighted by molar-refractivity contribution is 0.419. The van der Waals surface area contributed by atoms with Crippen LogP contribution in [-0.2, 0) is 15.6 Å². The van der Waals surface area contributed by atoms with Crippen molar-refractivity contribution in [1.29, 1.82) is 0 Å². The largest absolute Gasteiger partial charge is 0.496 e. The normalized spacial score (nSPS) is 12.4. The summed E-state index contributed by atoms with van der Waals surface area (Å²) in [5.41, 5.74) is 2.09. The minimum absolute atomic E-state index is 0.0320. The fourth-order valence-electron chi connectivity index (χ4n) is 1.94. The lowest BCUT2D eigenvalue weighted by atomic mass is 10.2. The molecule has 1 aromatic carbocycles. The first-order valence-electron chi connectivity index (χ1n) is 5.34. The van der Waals surface area contributed by atoms with E-state index in [1.807, 2.05) is 0 Å². The molecule has 0 bridgehead atoms. The van der Waals surface area contributed by atoms with Gasteiger partial charge in [-0.3, -0.25) is 0 Å². The van der Waals surface area contributed by atoms with E-state index in [0.29, 0.717) is 23.2 Å². The molecule has 2 rings (SSSR count). The Labute approximate surface area is 120 Å². The number of fused-ring (bicyclic) bond motifs is 1. The molecule has 0 saturated heterocycles. The van der Waals surface area contributed by atoms with E-state index in [1.54, 1.807) is 28.8 Å². The van der Waals surface area contributed by atoms with Gasteiger partial charge in [-0.15, -0.1) is 0 Å². The maximum atomic E-state index is 11.7. The van der Waals surface area contributed by atoms with Crippen LogP contribution in [0.2, 0.25) is 0 Å². The van der Waals surface area contributed by atoms with Crippen LogP contribution in [0.25, 0.3) is 10.9 Å². The summed E-state index contributed by atoms with van der Waals surface area (Å²) in [5.74, 6) is 0.463. The van der Waals surface area contributed by atoms with Crippen LogP contribution in [0.1, 0.15) is 0 Å². The molecule has 1 aromatic heterocycles. The first-order chi connectivity index (χ1) is 8.99. The number of hydrogen-bond acceptors (Lipinski definition) is 3. The fraction of sp³-hybridized carbons (Fsp3) is 0.167. The van der Waals surface area contributed by atoms with Crippen LogP contribution in [-0.4, -0.2) is 20.1 Å². The number of hydrogen-bond donors (Lipinski definition) is 0. The molecule has 4 nitrogen and oxygen atoms in total. The molecule has 7 heteroatoms. The van der Waals surface area contributed by atoms with Crippen LogP contribution < -0.4 is 4.74 Å². The number of halogens is 2. The number of rotatable bonds is 4. The van der Waals surface area contributed by atoms with Gasteiger partial charge in [-0.1, -0.05) is 23.7 Å². The van der Waals surface area contributed by atoms with Crippen LogP contribution in [0.15, 0.2) is 40.9 Å². The summed E-state index contributed by atoms with van der Waals surface area (Å²) in [7, 11) is 3.10. The van der Waals surface area contributed by atoms with Crippen molar-refractivity contribution in [1.82, 2.24) is 4.57 Å². The van der Waals surface area contributed by atoms with Crippen molar-refractivity contribution in [2.45, 2.75) is 11.4 Å². The molecule has 0 spiro atoms. The molecular formula is C12H11Cl2NO3S. The van der Waals surface area contributed by atoms with Gasteiger partial charge >= 0.3 is 0 Å². The van der Waals surface area contributed by atoms with Crippen molar-refractivity contribution >= 4 is 42.2 Å². The van der Waals surface area contributed by atoms with E-state index < -0.39 is 9.05 Å². The lowest BCUT2D eigenvalue weighted by Crippen LogP contribution is -1.92. The van der Waals surface area contributed by atoms with Gasteiger partial charge in [0.15, 0.2) is 0 Å². The monoisotopic (exact) mass is 319 g/mol. The summed E-state index contributed by atoms with van der Waals surface area (Å²) in [6, 6.07) is 5.27. The Hall–Kier alpha value is -1.17. The minimum atomic E-state index is -3.85. The molecule has 2 aromatic rings. The summed E-state index contributed by atoms with van der Waals surface area (Å²) < 4.78 is 30.3. The van der Waals surface area contributed by atoms with Crippen molar-refractivity contribution in [3.63, 3.8) is 0 Å². The molecule has 0 saturated carbocycles. The van der Waals surface area contributed by atoms with E-state index in [9.17, 15) is 8.42 Å². The molecule has 102 valence electrons. The summed E-state index contributed by atoms with van der Waals surface area (Å²) in [6.07, 6.45) is 3.18. The Morgan fingerprint density at radius 1 is 1.42 bits per heavy atom. The third-order valence-electron chi connectivity index (χ3n) is 2.71. The van der Waals surface area contributed by atoms with Crippen molar-refractivity contribution in [2.24, 2.45) is 0 Å². The van der Waals surface area contributed by atoms with Crippen molar-refractivity contribution in [3.05, 3.63) is 36.0 Å². The standard InChI is InChI=1S/C12H11Cl2NO3S/c1-18-10-5-2-4-9-12(10)11(19(14,16)17)8-15(9)7-3-6-13/h2-6,8H,7H2,1H3/b6-3+. The minimum Gasteiger partial charge on any atom is -0.496 e. The Morgan fingerprint density at radius 2 is 2.16 bits per heavy atom. The number of ether oxygens (including phenoxy) is 1. The molecule has 0 unspecified atom stereocenters. The topological polar surface area (TPSA) is 48.3 Å². The number of allylic oxidation sites excluding steroid dienone is 1. The van der Waals surface area contributed by atoms with Crippen molar-refractivity contribution < 1.29 is 13.2 Å². The highest BCUT2D eigenvalue weighted by atomic mass is 35.7. The molecule has 0 radical (unpaired) electrons. The van der Waals surface area contributed by atoms with E-state index in [2.05, 4.69) is 0 Å². The molecular weight excluding hydrogens is 309 g/mol. The van der Waals surface area contributed by atoms with Gasteiger partial charge < -0.3 is 9.30 Å². The fourth-order valence-corrected chi connectivity index (χ4v) is 3.07. The molecule has 1 heterocycles. The zero-order valence-corrected chi connectivity index (χ0v) is 12.3. The molecule has 0 atom stereocenters. The quantitative estimate of drug-likeness (QED) is 0.812. The van der Waals surface area contributed by atoms with E-state index in [1.165, 1.54) is 18.8 Å². The molecule has 0 aliphatic heterocycles. The smallest absolute Gasteiger partial charge is 0.263 e. The second kappa shape index (κ2) is 5.45. The van der Waals surface area contributed by atoms with Crippen LogP contribution >= 0.6 is 22.3 Å². The average Bonchev–Trinajstić information content (AvgIpc) is 2.75. The van der Waals surface area contributed by atoms with Gasteiger partial charge in [0.2, 0.25) is 0 Å². The van der Waals surface area contributed by atoms with E-state index in [-0.39, 0.29) is 4.90 Å². The van der Waals surface area contributed by atoms with Crippen LogP contribution in [0.4, 0.5) is 0 Å². The second-order valence-electron chi connectivity index (χ2n) is 3.80. The lowest BCUT2D eigenvalue weighted by Gasteiger charge is -2.04. The molecule has 0 N–H and O–H groups in total. The first-order valence-corrected chi connectivity index (χ1v) is 8.09. The molecule has 0 fully saturated rings. The number of methoxy groups -OCH3 is 1. The van der Waals surface area contributed by atoms with Crippen molar-refractivity contribution in [3.8, 4) is 5.75 Å². The van der Waals surface area contributed by atoms with Crippen LogP contribution in [0.5, 0.6) is 5.75 Å². The number of aromatic nitrogens is 1. The molecule has 0 aliphatic rings. The highest BCUT2D eigenvalue weighted by Crippen LogP contribution is 2.34. The maximum Gasteiger partial charge on any atom is 0.263 e. The number of benzene rings is 1. The van der Waals surface area contributed by atoms with Crippen LogP contribution in [0, 0.1) is 0 Å². The predicted molar refractivity (Wildman–Crippen MR) is 76.5 cm³/mol. The summed E-state index contributed by atoms with van der Waals surface area (Å²) in [4.78, 5) is 0.0320. The second-order valence-corrected chi connectivity index (χ2v) is 6.59. The third-order valence-corrected chi connectivity index (χ3v) is 4.22. The Bertz CT molecular complexity index is 735. The summed E-state index contributed by atoms with van der Waals surface area (Å²) >= 11 is 5.49. The maximum absolute atomic E-state index is 11.7. The SMILES string of the molecule is COc1cccc2c1c(S(=O)(=O)Cl)cn2C/C=C/Cl. The van der Waals surface area contributed by atoms with E-state index in [4.69, 9.17) is 27.0 Å². The van der Waals surface area contributed by atoms with Gasteiger partial charge in [0.1, 0.15) is 10.6 Å². The third kappa shape index (κ3) is 2.73. The van der Waals surface area contributed by atoms with Gasteiger partial charge in [0, 0.05) is 29.0 Å². The highest BCUT2D eigenvalue weighted by molar-refractivity contribution is 8.14. The Morgan fingerprint density at radius 3 is 2.74 bits per heavy atom. The molecule has 0 amide bonds. The van der Waals surface area contributed by atoms with Crippen LogP contribution in [0.3, 0.4) is 0 Å². The van der Waals surface area contributed by atoms with Gasteiger partial charge in [-0.2, -0.15) is 0 Å². The summed E-state index contributed by atoms with van der Waals surface area (Å²) in [6.45, 7) is 0.444. The van der Waals surface area contributed by atoms with Crippen molar-refractivity contribution in [2.75, 3.05) is 7.11 Å². The zero-order chi connectivity index (χ0) is 14.0. The van der Waals surface area contributed by atoms with Gasteiger partial charge in [0.05, 0.1) is 18.0 Å².